The molecule has 2 atom stereocenters. The molecule has 1 aromatic carbocycles. The van der Waals surface area contributed by atoms with Gasteiger partial charge in [0, 0.05) is 19.1 Å². The molecule has 2 aliphatic heterocycles. The summed E-state index contributed by atoms with van der Waals surface area (Å²) >= 11 is 0. The lowest BCUT2D eigenvalue weighted by Gasteiger charge is -2.35. The number of nitrogens with one attached hydrogen (secondary N) is 1. The average Bonchev–Trinajstić information content (AvgIpc) is 2.93. The lowest BCUT2D eigenvalue weighted by Crippen LogP contribution is -2.47. The van der Waals surface area contributed by atoms with E-state index in [0.29, 0.717) is 25.0 Å². The number of alkyl halides is 3. The van der Waals surface area contributed by atoms with Gasteiger partial charge in [0.1, 0.15) is 0 Å². The Morgan fingerprint density at radius 2 is 2.00 bits per heavy atom. The fourth-order valence-corrected chi connectivity index (χ4v) is 3.32. The maximum absolute atomic E-state index is 13.0. The number of carbonyl (C=O) groups is 1. The van der Waals surface area contributed by atoms with Gasteiger partial charge in [-0.3, -0.25) is 4.79 Å². The molecule has 0 bridgehead atoms. The van der Waals surface area contributed by atoms with Gasteiger partial charge in [-0.05, 0) is 37.4 Å². The van der Waals surface area contributed by atoms with Gasteiger partial charge in [-0.2, -0.15) is 13.2 Å². The van der Waals surface area contributed by atoms with Crippen molar-refractivity contribution in [1.82, 2.24) is 10.2 Å². The van der Waals surface area contributed by atoms with Crippen LogP contribution in [0.3, 0.4) is 0 Å². The highest BCUT2D eigenvalue weighted by atomic mass is 19.4. The number of halogens is 3. The van der Waals surface area contributed by atoms with Gasteiger partial charge in [-0.15, -0.1) is 0 Å². The molecular weight excluding hydrogens is 281 g/mol. The zero-order chi connectivity index (χ0) is 15.0. The fourth-order valence-electron chi connectivity index (χ4n) is 3.32. The summed E-state index contributed by atoms with van der Waals surface area (Å²) < 4.78 is 39.0. The van der Waals surface area contributed by atoms with Crippen molar-refractivity contribution in [2.24, 2.45) is 5.92 Å². The van der Waals surface area contributed by atoms with Gasteiger partial charge >= 0.3 is 6.18 Å². The third kappa shape index (κ3) is 2.77. The second-order valence-corrected chi connectivity index (χ2v) is 5.69. The topological polar surface area (TPSA) is 32.3 Å². The zero-order valence-electron chi connectivity index (χ0n) is 11.5. The highest BCUT2D eigenvalue weighted by Gasteiger charge is 2.38. The third-order valence-electron chi connectivity index (χ3n) is 4.41. The number of nitrogens with zero attached hydrogens (tertiary/aromatic N) is 1. The van der Waals surface area contributed by atoms with E-state index in [1.165, 1.54) is 18.2 Å². The van der Waals surface area contributed by atoms with Crippen LogP contribution in [0.2, 0.25) is 0 Å². The van der Waals surface area contributed by atoms with Gasteiger partial charge in [0.05, 0.1) is 11.1 Å². The number of fused-ring (bicyclic) bond motifs is 1. The fraction of sp³-hybridized carbons (Fsp3) is 0.533. The van der Waals surface area contributed by atoms with Crippen molar-refractivity contribution in [3.05, 3.63) is 35.4 Å². The maximum Gasteiger partial charge on any atom is 0.417 e. The molecule has 1 amide bonds. The number of hydrogen-bond donors (Lipinski definition) is 1. The van der Waals surface area contributed by atoms with Crippen molar-refractivity contribution in [1.29, 1.82) is 0 Å². The molecule has 114 valence electrons. The molecule has 0 radical (unpaired) electrons. The SMILES string of the molecule is O=C(c1ccccc1C(F)(F)F)N1CCC2NCCC2C1. The maximum atomic E-state index is 13.0. The smallest absolute Gasteiger partial charge is 0.338 e. The summed E-state index contributed by atoms with van der Waals surface area (Å²) in [7, 11) is 0. The summed E-state index contributed by atoms with van der Waals surface area (Å²) in [6.45, 7) is 1.98. The second kappa shape index (κ2) is 5.33. The molecule has 6 heteroatoms. The number of amides is 1. The predicted molar refractivity (Wildman–Crippen MR) is 71.9 cm³/mol. The van der Waals surface area contributed by atoms with E-state index in [2.05, 4.69) is 5.32 Å². The number of rotatable bonds is 1. The summed E-state index contributed by atoms with van der Waals surface area (Å²) in [5.41, 5.74) is -1.09. The molecule has 3 nitrogen and oxygen atoms in total. The second-order valence-electron chi connectivity index (χ2n) is 5.69. The first kappa shape index (κ1) is 14.4. The Kier molecular flexibility index (Phi) is 3.65. The first-order valence-corrected chi connectivity index (χ1v) is 7.15. The molecule has 2 heterocycles. The lowest BCUT2D eigenvalue weighted by atomic mass is 9.92. The molecule has 0 saturated carbocycles. The summed E-state index contributed by atoms with van der Waals surface area (Å²) in [5.74, 6) is -0.144. The van der Waals surface area contributed by atoms with Crippen LogP contribution < -0.4 is 5.32 Å². The Labute approximate surface area is 121 Å². The highest BCUT2D eigenvalue weighted by molar-refractivity contribution is 5.96. The lowest BCUT2D eigenvalue weighted by molar-refractivity contribution is -0.138. The van der Waals surface area contributed by atoms with Crippen LogP contribution in [0, 0.1) is 5.92 Å². The first-order valence-electron chi connectivity index (χ1n) is 7.15. The van der Waals surface area contributed by atoms with E-state index in [9.17, 15) is 18.0 Å². The van der Waals surface area contributed by atoms with E-state index >= 15 is 0 Å². The van der Waals surface area contributed by atoms with Gasteiger partial charge in [-0.25, -0.2) is 0 Å². The summed E-state index contributed by atoms with van der Waals surface area (Å²) in [4.78, 5) is 14.0. The van der Waals surface area contributed by atoms with E-state index in [0.717, 1.165) is 25.5 Å². The molecule has 3 rings (SSSR count). The van der Waals surface area contributed by atoms with Crippen LogP contribution >= 0.6 is 0 Å². The van der Waals surface area contributed by atoms with Crippen molar-refractivity contribution in [2.45, 2.75) is 25.1 Å². The Hall–Kier alpha value is -1.56. The van der Waals surface area contributed by atoms with E-state index in [-0.39, 0.29) is 5.56 Å². The van der Waals surface area contributed by atoms with Gasteiger partial charge in [0.2, 0.25) is 0 Å². The van der Waals surface area contributed by atoms with Crippen LogP contribution in [0.15, 0.2) is 24.3 Å². The molecule has 1 N–H and O–H groups in total. The summed E-state index contributed by atoms with van der Waals surface area (Å²) in [6, 6.07) is 5.44. The van der Waals surface area contributed by atoms with Gasteiger partial charge in [0.15, 0.2) is 0 Å². The number of piperidine rings is 1. The zero-order valence-corrected chi connectivity index (χ0v) is 11.5. The minimum Gasteiger partial charge on any atom is -0.338 e. The van der Waals surface area contributed by atoms with Crippen LogP contribution in [0.5, 0.6) is 0 Å². The molecule has 0 aromatic heterocycles. The van der Waals surface area contributed by atoms with E-state index in [4.69, 9.17) is 0 Å². The molecule has 0 spiro atoms. The molecule has 1 aromatic rings. The predicted octanol–water partition coefficient (Wildman–Crippen LogP) is 2.53. The monoisotopic (exact) mass is 298 g/mol. The minimum atomic E-state index is -4.50. The molecule has 21 heavy (non-hydrogen) atoms. The third-order valence-corrected chi connectivity index (χ3v) is 4.41. The Balaban J connectivity index is 1.83. The molecule has 0 aliphatic carbocycles. The van der Waals surface area contributed by atoms with Gasteiger partial charge in [0.25, 0.3) is 5.91 Å². The average molecular weight is 298 g/mol. The van der Waals surface area contributed by atoms with Crippen molar-refractivity contribution >= 4 is 5.91 Å². The van der Waals surface area contributed by atoms with Crippen molar-refractivity contribution in [3.63, 3.8) is 0 Å². The molecule has 2 saturated heterocycles. The van der Waals surface area contributed by atoms with Crippen LogP contribution in [-0.2, 0) is 6.18 Å². The molecular formula is C15H17F3N2O. The Bertz CT molecular complexity index is 544. The van der Waals surface area contributed by atoms with Crippen LogP contribution in [-0.4, -0.2) is 36.5 Å². The van der Waals surface area contributed by atoms with Crippen molar-refractivity contribution in [3.8, 4) is 0 Å². The molecule has 2 unspecified atom stereocenters. The number of carbonyl (C=O) groups excluding carboxylic acids is 1. The number of hydrogen-bond acceptors (Lipinski definition) is 2. The highest BCUT2D eigenvalue weighted by Crippen LogP contribution is 2.33. The summed E-state index contributed by atoms with van der Waals surface area (Å²) in [5, 5.41) is 3.38. The van der Waals surface area contributed by atoms with Crippen molar-refractivity contribution in [2.75, 3.05) is 19.6 Å². The van der Waals surface area contributed by atoms with Crippen LogP contribution in [0.25, 0.3) is 0 Å². The number of likely N-dealkylation sites (tertiary alicyclic amines) is 1. The van der Waals surface area contributed by atoms with Gasteiger partial charge < -0.3 is 10.2 Å². The standard InChI is InChI=1S/C15H17F3N2O/c16-15(17,18)12-4-2-1-3-11(12)14(21)20-8-6-13-10(9-20)5-7-19-13/h1-4,10,13,19H,5-9H2. The first-order chi connectivity index (χ1) is 9.97. The van der Waals surface area contributed by atoms with E-state index in [1.807, 2.05) is 0 Å². The largest absolute Gasteiger partial charge is 0.417 e. The van der Waals surface area contributed by atoms with Crippen molar-refractivity contribution < 1.29 is 18.0 Å². The van der Waals surface area contributed by atoms with Crippen LogP contribution in [0.1, 0.15) is 28.8 Å². The Morgan fingerprint density at radius 3 is 2.76 bits per heavy atom. The quantitative estimate of drug-likeness (QED) is 0.864. The molecule has 2 aliphatic rings. The van der Waals surface area contributed by atoms with Gasteiger partial charge in [-0.1, -0.05) is 12.1 Å². The van der Waals surface area contributed by atoms with Crippen LogP contribution in [0.4, 0.5) is 13.2 Å². The van der Waals surface area contributed by atoms with E-state index in [1.54, 1.807) is 4.90 Å². The summed E-state index contributed by atoms with van der Waals surface area (Å²) in [6.07, 6.45) is -2.71. The molecule has 2 fully saturated rings. The minimum absolute atomic E-state index is 0.241. The number of benzene rings is 1. The van der Waals surface area contributed by atoms with E-state index < -0.39 is 17.6 Å². The Morgan fingerprint density at radius 1 is 1.24 bits per heavy atom. The normalized spacial score (nSPS) is 25.8.